The van der Waals surface area contributed by atoms with Crippen molar-refractivity contribution < 1.29 is 26.3 Å². The van der Waals surface area contributed by atoms with Crippen LogP contribution in [0.25, 0.3) is 43.2 Å². The van der Waals surface area contributed by atoms with Crippen LogP contribution in [-0.4, -0.2) is 46.6 Å². The summed E-state index contributed by atoms with van der Waals surface area (Å²) in [5.41, 5.74) is 2.23. The van der Waals surface area contributed by atoms with E-state index in [0.717, 1.165) is 30.0 Å². The Kier molecular flexibility index (Phi) is 9.75. The summed E-state index contributed by atoms with van der Waals surface area (Å²) in [4.78, 5) is 31.3. The van der Waals surface area contributed by atoms with Gasteiger partial charge in [0, 0.05) is 51.4 Å². The van der Waals surface area contributed by atoms with Crippen LogP contribution in [0.4, 0.5) is 0 Å². The molecular weight excluding hydrogens is 702 g/mol. The lowest BCUT2D eigenvalue weighted by Gasteiger charge is -2.24. The zero-order valence-electron chi connectivity index (χ0n) is 27.8. The highest BCUT2D eigenvalue weighted by molar-refractivity contribution is 7.99. The van der Waals surface area contributed by atoms with E-state index in [9.17, 15) is 9.59 Å². The number of ether oxygens (including phenoxy) is 1. The highest BCUT2D eigenvalue weighted by atomic mass is 32.2. The molecule has 0 aliphatic rings. The van der Waals surface area contributed by atoms with Crippen LogP contribution in [0.1, 0.15) is 31.5 Å². The number of fused-ring (bicyclic) bond motifs is 4. The van der Waals surface area contributed by atoms with Crippen LogP contribution in [0.15, 0.2) is 119 Å². The Morgan fingerprint density at radius 2 is 1.73 bits per heavy atom. The molecule has 0 saturated heterocycles. The molecule has 0 aliphatic carbocycles. The maximum Gasteiger partial charge on any atom is 0.440 e. The maximum absolute atomic E-state index is 15.5. The Morgan fingerprint density at radius 1 is 0.941 bits per heavy atom. The summed E-state index contributed by atoms with van der Waals surface area (Å²) in [6.45, 7) is 1.56. The van der Waals surface area contributed by atoms with Crippen LogP contribution < -0.4 is 14.9 Å². The second-order valence-electron chi connectivity index (χ2n) is 11.4. The fourth-order valence-corrected chi connectivity index (χ4v) is 9.70. The average molecular weight is 738 g/mol. The summed E-state index contributed by atoms with van der Waals surface area (Å²) in [7, 11) is -1.43. The molecule has 2 N–H and O–H groups in total. The average Bonchev–Trinajstić information content (AvgIpc) is 3.73. The van der Waals surface area contributed by atoms with Gasteiger partial charge in [0.2, 0.25) is 0 Å². The number of hydrogen-bond acceptors (Lipinski definition) is 9. The first kappa shape index (κ1) is 34.2. The standard InChI is InChI=1S/C38H32N5O5PS2.2H2/c1-24(38(45)47-3)42-49(46,48-32-14-10-17-35-36(32)28-12-4-6-15-33(28)51-35)43-31-23-26(50-34-16-7-5-13-29(34)37(44)39-2)19-20-27(31)30(41-43)21-18-25-11-8-9-22-40-25;;/h4-24H,1-3H3,(H,39,44)(H,42,46);2*1H/b21-18+;;/t24-,49?;;/m0../s1. The minimum absolute atomic E-state index is 0. The number of nitrogens with one attached hydrogen (secondary N) is 2. The SMILES string of the molecule is CNC(=O)c1ccccc1Sc1ccc2c(/C=C/c3ccccn3)nn(P(=O)(N[C@@H](C)C(=O)OC)Oc3cccc4sc5ccccc5c34)c2c1.[HH].[HH]. The monoisotopic (exact) mass is 737 g/mol. The van der Waals surface area contributed by atoms with E-state index in [2.05, 4.69) is 15.4 Å². The molecule has 3 heterocycles. The number of aromatic nitrogens is 3. The van der Waals surface area contributed by atoms with E-state index in [1.807, 2.05) is 97.1 Å². The van der Waals surface area contributed by atoms with E-state index in [0.29, 0.717) is 33.6 Å². The van der Waals surface area contributed by atoms with Gasteiger partial charge in [0.25, 0.3) is 5.91 Å². The van der Waals surface area contributed by atoms with E-state index in [1.54, 1.807) is 49.7 Å². The molecule has 0 radical (unpaired) electrons. The molecule has 13 heteroatoms. The summed E-state index contributed by atoms with van der Waals surface area (Å²) >= 11 is 2.99. The van der Waals surface area contributed by atoms with Gasteiger partial charge in [0.15, 0.2) is 0 Å². The van der Waals surface area contributed by atoms with Gasteiger partial charge < -0.3 is 14.6 Å². The Bertz CT molecular complexity index is 2510. The molecule has 0 aliphatic heterocycles. The molecule has 260 valence electrons. The second kappa shape index (κ2) is 14.5. The molecule has 7 rings (SSSR count). The van der Waals surface area contributed by atoms with Crippen LogP contribution >= 0.6 is 30.8 Å². The summed E-state index contributed by atoms with van der Waals surface area (Å²) in [5.74, 6) is -0.455. The van der Waals surface area contributed by atoms with Crippen LogP contribution in [0.5, 0.6) is 5.75 Å². The lowest BCUT2D eigenvalue weighted by Crippen LogP contribution is -2.36. The molecule has 0 fully saturated rings. The predicted molar refractivity (Wildman–Crippen MR) is 209 cm³/mol. The highest BCUT2D eigenvalue weighted by Crippen LogP contribution is 2.51. The van der Waals surface area contributed by atoms with Crippen LogP contribution in [0, 0.1) is 0 Å². The third-order valence-corrected chi connectivity index (χ3v) is 12.3. The van der Waals surface area contributed by atoms with Gasteiger partial charge in [-0.1, -0.05) is 54.2 Å². The third-order valence-electron chi connectivity index (χ3n) is 8.10. The minimum atomic E-state index is -4.29. The molecule has 0 spiro atoms. The number of rotatable bonds is 11. The Morgan fingerprint density at radius 3 is 2.53 bits per heavy atom. The van der Waals surface area contributed by atoms with Crippen molar-refractivity contribution in [3.63, 3.8) is 0 Å². The van der Waals surface area contributed by atoms with Crippen molar-refractivity contribution in [3.05, 3.63) is 126 Å². The first-order valence-corrected chi connectivity index (χ1v) is 19.2. The summed E-state index contributed by atoms with van der Waals surface area (Å²) in [6.07, 6.45) is 5.32. The zero-order chi connectivity index (χ0) is 35.5. The molecule has 7 aromatic rings. The number of esters is 1. The maximum atomic E-state index is 15.5. The van der Waals surface area contributed by atoms with E-state index >= 15 is 4.57 Å². The zero-order valence-corrected chi connectivity index (χ0v) is 30.3. The molecule has 10 nitrogen and oxygen atoms in total. The first-order chi connectivity index (χ1) is 24.8. The van der Waals surface area contributed by atoms with Gasteiger partial charge in [0.1, 0.15) is 11.8 Å². The molecule has 2 atom stereocenters. The quantitative estimate of drug-likeness (QED) is 0.0988. The van der Waals surface area contributed by atoms with Gasteiger partial charge in [-0.05, 0) is 79.7 Å². The molecule has 3 aromatic heterocycles. The first-order valence-electron chi connectivity index (χ1n) is 15.9. The molecule has 0 bridgehead atoms. The molecule has 0 saturated carbocycles. The van der Waals surface area contributed by atoms with Gasteiger partial charge in [-0.15, -0.1) is 11.3 Å². The summed E-state index contributed by atoms with van der Waals surface area (Å²) in [6, 6.07) is 31.1. The van der Waals surface area contributed by atoms with Crippen LogP contribution in [-0.2, 0) is 14.1 Å². The van der Waals surface area contributed by atoms with Crippen molar-refractivity contribution >= 4 is 85.9 Å². The fourth-order valence-electron chi connectivity index (χ4n) is 5.68. The number of thiophene rings is 1. The van der Waals surface area contributed by atoms with Gasteiger partial charge in [-0.25, -0.2) is 9.65 Å². The van der Waals surface area contributed by atoms with Crippen molar-refractivity contribution in [2.45, 2.75) is 22.8 Å². The molecule has 4 aromatic carbocycles. The second-order valence-corrected chi connectivity index (χ2v) is 15.5. The Labute approximate surface area is 305 Å². The van der Waals surface area contributed by atoms with Gasteiger partial charge in [-0.3, -0.25) is 14.6 Å². The number of pyridine rings is 1. The van der Waals surface area contributed by atoms with Crippen molar-refractivity contribution in [3.8, 4) is 5.75 Å². The highest BCUT2D eigenvalue weighted by Gasteiger charge is 2.36. The number of benzene rings is 4. The van der Waals surface area contributed by atoms with Crippen LogP contribution in [0.2, 0.25) is 0 Å². The summed E-state index contributed by atoms with van der Waals surface area (Å²) in [5, 5.41) is 13.0. The number of methoxy groups -OCH3 is 1. The number of carbonyl (C=O) groups is 2. The molecule has 1 unspecified atom stereocenters. The van der Waals surface area contributed by atoms with E-state index < -0.39 is 19.7 Å². The number of nitrogens with zero attached hydrogens (tertiary/aromatic N) is 3. The Hall–Kier alpha value is -5.26. The van der Waals surface area contributed by atoms with Crippen molar-refractivity contribution in [1.82, 2.24) is 24.9 Å². The predicted octanol–water partition coefficient (Wildman–Crippen LogP) is 9.16. The van der Waals surface area contributed by atoms with Gasteiger partial charge >= 0.3 is 13.6 Å². The van der Waals surface area contributed by atoms with Gasteiger partial charge in [-0.2, -0.15) is 9.55 Å². The minimum Gasteiger partial charge on any atom is -0.468 e. The lowest BCUT2D eigenvalue weighted by molar-refractivity contribution is -0.142. The number of carbonyl (C=O) groups excluding carboxylic acids is 2. The van der Waals surface area contributed by atoms with E-state index in [1.165, 1.54) is 23.3 Å². The van der Waals surface area contributed by atoms with Gasteiger partial charge in [0.05, 0.1) is 29.6 Å². The molecule has 51 heavy (non-hydrogen) atoms. The third kappa shape index (κ3) is 6.91. The van der Waals surface area contributed by atoms with Crippen molar-refractivity contribution in [2.75, 3.05) is 14.2 Å². The smallest absolute Gasteiger partial charge is 0.440 e. The summed E-state index contributed by atoms with van der Waals surface area (Å²) < 4.78 is 30.5. The molecule has 1 amide bonds. The lowest BCUT2D eigenvalue weighted by atomic mass is 10.1. The van der Waals surface area contributed by atoms with Crippen LogP contribution in [0.3, 0.4) is 0 Å². The van der Waals surface area contributed by atoms with Crippen molar-refractivity contribution in [1.29, 1.82) is 0 Å². The van der Waals surface area contributed by atoms with Crippen molar-refractivity contribution in [2.24, 2.45) is 0 Å². The molecular formula is C38H36N5O5PS2. The number of amides is 1. The topological polar surface area (TPSA) is 124 Å². The van der Waals surface area contributed by atoms with E-state index in [4.69, 9.17) is 14.4 Å². The largest absolute Gasteiger partial charge is 0.468 e. The Balaban J connectivity index is 0.00000271. The van der Waals surface area contributed by atoms with E-state index in [-0.39, 0.29) is 8.76 Å². The fraction of sp³-hybridized carbons (Fsp3) is 0.105. The normalized spacial score (nSPS) is 13.4. The number of hydrogen-bond donors (Lipinski definition) is 2.